The minimum absolute atomic E-state index is 0.0160. The smallest absolute Gasteiger partial charge is 0.260 e. The van der Waals surface area contributed by atoms with Crippen molar-refractivity contribution in [2.75, 3.05) is 0 Å². The Balaban J connectivity index is 3.00. The van der Waals surface area contributed by atoms with Gasteiger partial charge in [0.1, 0.15) is 0 Å². The second-order valence-corrected chi connectivity index (χ2v) is 5.55. The lowest BCUT2D eigenvalue weighted by atomic mass is 10.1. The summed E-state index contributed by atoms with van der Waals surface area (Å²) in [5.41, 5.74) is -0.922. The van der Waals surface area contributed by atoms with Crippen LogP contribution in [0.5, 0.6) is 0 Å². The van der Waals surface area contributed by atoms with Gasteiger partial charge in [0, 0.05) is 12.7 Å². The van der Waals surface area contributed by atoms with Crippen LogP contribution in [0.25, 0.3) is 0 Å². The van der Waals surface area contributed by atoms with Crippen LogP contribution in [-0.2, 0) is 16.6 Å². The zero-order valence-corrected chi connectivity index (χ0v) is 10.4. The fourth-order valence-corrected chi connectivity index (χ4v) is 2.36. The largest absolute Gasteiger partial charge is 0.336 e. The molecule has 0 radical (unpaired) electrons. The predicted octanol–water partition coefficient (Wildman–Crippen LogP) is 0.593. The van der Waals surface area contributed by atoms with E-state index in [-0.39, 0.29) is 5.03 Å². The van der Waals surface area contributed by atoms with Gasteiger partial charge in [-0.1, -0.05) is 5.92 Å². The molecule has 88 valence electrons. The Morgan fingerprint density at radius 1 is 1.62 bits per heavy atom. The molecule has 6 heteroatoms. The van der Waals surface area contributed by atoms with Crippen LogP contribution >= 0.6 is 0 Å². The van der Waals surface area contributed by atoms with E-state index in [1.54, 1.807) is 18.4 Å². The van der Waals surface area contributed by atoms with E-state index in [2.05, 4.69) is 15.6 Å². The fourth-order valence-electron chi connectivity index (χ4n) is 1.07. The van der Waals surface area contributed by atoms with Crippen LogP contribution in [0.4, 0.5) is 0 Å². The van der Waals surface area contributed by atoms with Gasteiger partial charge in [0.05, 0.1) is 11.9 Å². The molecular weight excluding hydrogens is 226 g/mol. The van der Waals surface area contributed by atoms with E-state index in [1.165, 1.54) is 12.5 Å². The average Bonchev–Trinajstić information content (AvgIpc) is 2.65. The maximum absolute atomic E-state index is 11.9. The normalized spacial score (nSPS) is 12.4. The van der Waals surface area contributed by atoms with Crippen LogP contribution in [-0.4, -0.2) is 23.5 Å². The van der Waals surface area contributed by atoms with Crippen molar-refractivity contribution >= 4 is 10.0 Å². The molecule has 0 amide bonds. The molecule has 0 atom stereocenters. The van der Waals surface area contributed by atoms with Crippen molar-refractivity contribution < 1.29 is 8.42 Å². The van der Waals surface area contributed by atoms with Gasteiger partial charge in [0.2, 0.25) is 0 Å². The third-order valence-electron chi connectivity index (χ3n) is 2.00. The molecule has 0 aliphatic heterocycles. The first-order valence-corrected chi connectivity index (χ1v) is 6.32. The third kappa shape index (κ3) is 2.84. The van der Waals surface area contributed by atoms with E-state index in [4.69, 9.17) is 6.42 Å². The van der Waals surface area contributed by atoms with Crippen molar-refractivity contribution in [3.8, 4) is 12.3 Å². The summed E-state index contributed by atoms with van der Waals surface area (Å²) in [4.78, 5) is 3.82. The van der Waals surface area contributed by atoms with Crippen molar-refractivity contribution in [3.05, 3.63) is 12.5 Å². The number of imidazole rings is 1. The molecule has 0 aliphatic carbocycles. The molecule has 0 fully saturated rings. The van der Waals surface area contributed by atoms with Crippen LogP contribution in [0.3, 0.4) is 0 Å². The third-order valence-corrected chi connectivity index (χ3v) is 3.54. The summed E-state index contributed by atoms with van der Waals surface area (Å²) in [6.07, 6.45) is 8.16. The zero-order valence-electron chi connectivity index (χ0n) is 9.56. The van der Waals surface area contributed by atoms with Gasteiger partial charge in [-0.3, -0.25) is 0 Å². The highest BCUT2D eigenvalue weighted by Crippen LogP contribution is 2.10. The second-order valence-electron chi connectivity index (χ2n) is 3.92. The van der Waals surface area contributed by atoms with Gasteiger partial charge in [-0.25, -0.2) is 13.4 Å². The van der Waals surface area contributed by atoms with Gasteiger partial charge in [0.25, 0.3) is 10.0 Å². The van der Waals surface area contributed by atoms with E-state index in [0.29, 0.717) is 6.54 Å². The van der Waals surface area contributed by atoms with Crippen LogP contribution < -0.4 is 4.72 Å². The molecule has 16 heavy (non-hydrogen) atoms. The molecule has 0 bridgehead atoms. The van der Waals surface area contributed by atoms with Gasteiger partial charge < -0.3 is 4.57 Å². The van der Waals surface area contributed by atoms with Gasteiger partial charge in [-0.05, 0) is 20.8 Å². The van der Waals surface area contributed by atoms with E-state index in [9.17, 15) is 8.42 Å². The van der Waals surface area contributed by atoms with Gasteiger partial charge in [-0.15, -0.1) is 6.42 Å². The molecule has 0 saturated carbocycles. The molecule has 5 nitrogen and oxygen atoms in total. The summed E-state index contributed by atoms with van der Waals surface area (Å²) in [5.74, 6) is 2.36. The standard InChI is InChI=1S/C10H15N3O2S/c1-5-10(3,4)12-16(14,15)9-7-13(6-2)8-11-9/h1,7-8,12H,6H2,2-4H3. The second kappa shape index (κ2) is 4.28. The number of nitrogens with zero attached hydrogens (tertiary/aromatic N) is 2. The molecule has 1 rings (SSSR count). The van der Waals surface area contributed by atoms with E-state index < -0.39 is 15.6 Å². The summed E-state index contributed by atoms with van der Waals surface area (Å²) in [7, 11) is -3.64. The van der Waals surface area contributed by atoms with E-state index in [1.807, 2.05) is 6.92 Å². The molecule has 0 aliphatic rings. The number of aryl methyl sites for hydroxylation is 1. The fraction of sp³-hybridized carbons (Fsp3) is 0.500. The maximum Gasteiger partial charge on any atom is 0.260 e. The van der Waals surface area contributed by atoms with Crippen LogP contribution in [0.1, 0.15) is 20.8 Å². The Hall–Kier alpha value is -1.32. The van der Waals surface area contributed by atoms with E-state index >= 15 is 0 Å². The van der Waals surface area contributed by atoms with Crippen LogP contribution in [0.2, 0.25) is 0 Å². The molecule has 1 aromatic heterocycles. The molecule has 0 unspecified atom stereocenters. The Bertz CT molecular complexity index is 508. The number of nitrogens with one attached hydrogen (secondary N) is 1. The lowest BCUT2D eigenvalue weighted by Gasteiger charge is -2.18. The van der Waals surface area contributed by atoms with E-state index in [0.717, 1.165) is 0 Å². The summed E-state index contributed by atoms with van der Waals surface area (Å²) in [6.45, 7) is 5.79. The SMILES string of the molecule is C#CC(C)(C)NS(=O)(=O)c1cn(CC)cn1. The summed E-state index contributed by atoms with van der Waals surface area (Å²) in [5, 5.41) is -0.0160. The number of terminal acetylenes is 1. The summed E-state index contributed by atoms with van der Waals surface area (Å²) < 4.78 is 27.8. The highest BCUT2D eigenvalue weighted by atomic mass is 32.2. The van der Waals surface area contributed by atoms with Crippen molar-refractivity contribution in [3.63, 3.8) is 0 Å². The minimum Gasteiger partial charge on any atom is -0.336 e. The molecule has 1 heterocycles. The first kappa shape index (κ1) is 12.7. The van der Waals surface area contributed by atoms with Gasteiger partial charge in [-0.2, -0.15) is 4.72 Å². The number of hydrogen-bond donors (Lipinski definition) is 1. The lowest BCUT2D eigenvalue weighted by Crippen LogP contribution is -2.42. The van der Waals surface area contributed by atoms with Crippen molar-refractivity contribution in [2.24, 2.45) is 0 Å². The lowest BCUT2D eigenvalue weighted by molar-refractivity contribution is 0.536. The Morgan fingerprint density at radius 3 is 2.69 bits per heavy atom. The van der Waals surface area contributed by atoms with Gasteiger partial charge >= 0.3 is 0 Å². The Labute approximate surface area is 95.9 Å². The number of rotatable bonds is 4. The number of aromatic nitrogens is 2. The summed E-state index contributed by atoms with van der Waals surface area (Å²) >= 11 is 0. The average molecular weight is 241 g/mol. The molecule has 0 aromatic carbocycles. The van der Waals surface area contributed by atoms with Crippen LogP contribution in [0, 0.1) is 12.3 Å². The molecule has 1 aromatic rings. The Morgan fingerprint density at radius 2 is 2.25 bits per heavy atom. The molecular formula is C10H15N3O2S. The molecule has 0 saturated heterocycles. The first-order chi connectivity index (χ1) is 7.30. The number of sulfonamides is 1. The van der Waals surface area contributed by atoms with Gasteiger partial charge in [0.15, 0.2) is 5.03 Å². The predicted molar refractivity (Wildman–Crippen MR) is 61.1 cm³/mol. The van der Waals surface area contributed by atoms with Crippen molar-refractivity contribution in [1.29, 1.82) is 0 Å². The van der Waals surface area contributed by atoms with Crippen molar-refractivity contribution in [1.82, 2.24) is 14.3 Å². The van der Waals surface area contributed by atoms with Crippen molar-refractivity contribution in [2.45, 2.75) is 37.9 Å². The zero-order chi connectivity index (χ0) is 12.4. The first-order valence-electron chi connectivity index (χ1n) is 4.84. The van der Waals surface area contributed by atoms with Crippen LogP contribution in [0.15, 0.2) is 17.6 Å². The summed E-state index contributed by atoms with van der Waals surface area (Å²) in [6, 6.07) is 0. The highest BCUT2D eigenvalue weighted by Gasteiger charge is 2.25. The topological polar surface area (TPSA) is 64.0 Å². The Kier molecular flexibility index (Phi) is 3.41. The maximum atomic E-state index is 11.9. The highest BCUT2D eigenvalue weighted by molar-refractivity contribution is 7.89. The molecule has 0 spiro atoms. The number of hydrogen-bond acceptors (Lipinski definition) is 3. The minimum atomic E-state index is -3.64. The monoisotopic (exact) mass is 241 g/mol. The molecule has 1 N–H and O–H groups in total. The quantitative estimate of drug-likeness (QED) is 0.785.